The van der Waals surface area contributed by atoms with Crippen LogP contribution in [0.15, 0.2) is 54.9 Å². The average molecular weight is 421 g/mol. The van der Waals surface area contributed by atoms with Crippen molar-refractivity contribution in [3.05, 3.63) is 54.9 Å². The highest BCUT2D eigenvalue weighted by molar-refractivity contribution is 7.22. The third-order valence-corrected chi connectivity index (χ3v) is 6.83. The first-order valence-electron chi connectivity index (χ1n) is 9.71. The normalized spacial score (nSPS) is 24.3. The molecule has 8 heteroatoms. The SMILES string of the molecule is CC(=O)[C@H]1C2C=CC(C2)[C@H]1C(=O)N(O)c1nc2ccc(Oc3ccncc3)cc2s1. The summed E-state index contributed by atoms with van der Waals surface area (Å²) < 4.78 is 6.59. The Bertz CT molecular complexity index is 1160. The summed E-state index contributed by atoms with van der Waals surface area (Å²) in [6.45, 7) is 1.52. The molecule has 2 aliphatic carbocycles. The third kappa shape index (κ3) is 3.18. The molecule has 0 saturated heterocycles. The lowest BCUT2D eigenvalue weighted by Gasteiger charge is -2.27. The van der Waals surface area contributed by atoms with E-state index in [0.29, 0.717) is 22.1 Å². The molecule has 1 fully saturated rings. The van der Waals surface area contributed by atoms with Crippen molar-refractivity contribution in [1.82, 2.24) is 9.97 Å². The number of ether oxygens (including phenoxy) is 1. The number of anilines is 1. The first-order valence-corrected chi connectivity index (χ1v) is 10.5. The number of ketones is 1. The second-order valence-corrected chi connectivity index (χ2v) is 8.68. The van der Waals surface area contributed by atoms with Gasteiger partial charge in [-0.05, 0) is 49.4 Å². The lowest BCUT2D eigenvalue weighted by molar-refractivity contribution is -0.134. The van der Waals surface area contributed by atoms with Gasteiger partial charge in [-0.3, -0.25) is 19.8 Å². The Kier molecular flexibility index (Phi) is 4.60. The summed E-state index contributed by atoms with van der Waals surface area (Å²) >= 11 is 1.20. The topological polar surface area (TPSA) is 92.6 Å². The number of Topliss-reactive ketones (excluding diaryl/α,β-unsaturated/α-hetero) is 1. The Morgan fingerprint density at radius 3 is 2.57 bits per heavy atom. The van der Waals surface area contributed by atoms with Gasteiger partial charge in [0.05, 0.1) is 16.1 Å². The van der Waals surface area contributed by atoms with Crippen LogP contribution in [0.2, 0.25) is 0 Å². The second-order valence-electron chi connectivity index (χ2n) is 7.67. The Morgan fingerprint density at radius 1 is 1.10 bits per heavy atom. The molecular weight excluding hydrogens is 402 g/mol. The first kappa shape index (κ1) is 18.9. The number of allylic oxidation sites excluding steroid dienone is 2. The fourth-order valence-electron chi connectivity index (χ4n) is 4.54. The maximum atomic E-state index is 13.1. The van der Waals surface area contributed by atoms with Crippen molar-refractivity contribution >= 4 is 38.4 Å². The summed E-state index contributed by atoms with van der Waals surface area (Å²) in [7, 11) is 0. The Morgan fingerprint density at radius 2 is 1.83 bits per heavy atom. The molecule has 3 aromatic rings. The van der Waals surface area contributed by atoms with E-state index in [0.717, 1.165) is 11.1 Å². The molecule has 0 spiro atoms. The molecule has 0 radical (unpaired) electrons. The van der Waals surface area contributed by atoms with Crippen LogP contribution < -0.4 is 9.80 Å². The summed E-state index contributed by atoms with van der Waals surface area (Å²) in [6, 6.07) is 8.89. The zero-order chi connectivity index (χ0) is 20.8. The van der Waals surface area contributed by atoms with Crippen molar-refractivity contribution in [2.75, 3.05) is 5.06 Å². The molecule has 1 N–H and O–H groups in total. The van der Waals surface area contributed by atoms with Gasteiger partial charge in [0.15, 0.2) is 0 Å². The van der Waals surface area contributed by atoms with Crippen LogP contribution in [-0.4, -0.2) is 26.9 Å². The van der Waals surface area contributed by atoms with Gasteiger partial charge in [-0.25, -0.2) is 4.98 Å². The van der Waals surface area contributed by atoms with E-state index >= 15 is 0 Å². The molecule has 2 aromatic heterocycles. The van der Waals surface area contributed by atoms with Crippen LogP contribution in [-0.2, 0) is 9.59 Å². The van der Waals surface area contributed by atoms with Crippen LogP contribution in [0.5, 0.6) is 11.5 Å². The lowest BCUT2D eigenvalue weighted by atomic mass is 9.80. The van der Waals surface area contributed by atoms with Gasteiger partial charge in [0.1, 0.15) is 17.3 Å². The van der Waals surface area contributed by atoms with E-state index in [2.05, 4.69) is 9.97 Å². The van der Waals surface area contributed by atoms with E-state index in [-0.39, 0.29) is 28.7 Å². The number of amides is 1. The van der Waals surface area contributed by atoms with Gasteiger partial charge < -0.3 is 4.74 Å². The van der Waals surface area contributed by atoms with E-state index < -0.39 is 11.8 Å². The summed E-state index contributed by atoms with van der Waals surface area (Å²) in [5.74, 6) is -0.0571. The van der Waals surface area contributed by atoms with Gasteiger partial charge in [-0.2, -0.15) is 5.06 Å². The van der Waals surface area contributed by atoms with Crippen molar-refractivity contribution < 1.29 is 19.5 Å². The fraction of sp³-hybridized carbons (Fsp3) is 0.273. The van der Waals surface area contributed by atoms with Crippen LogP contribution in [0.3, 0.4) is 0 Å². The minimum absolute atomic E-state index is 0.0131. The number of fused-ring (bicyclic) bond motifs is 3. The van der Waals surface area contributed by atoms with Crippen molar-refractivity contribution in [2.45, 2.75) is 13.3 Å². The number of nitrogens with zero attached hydrogens (tertiary/aromatic N) is 3. The lowest BCUT2D eigenvalue weighted by Crippen LogP contribution is -2.41. The average Bonchev–Trinajstić information content (AvgIpc) is 3.47. The van der Waals surface area contributed by atoms with Gasteiger partial charge in [0.25, 0.3) is 5.91 Å². The number of aromatic nitrogens is 2. The van der Waals surface area contributed by atoms with Gasteiger partial charge >= 0.3 is 0 Å². The molecule has 7 nitrogen and oxygen atoms in total. The first-order chi connectivity index (χ1) is 14.5. The van der Waals surface area contributed by atoms with E-state index in [1.165, 1.54) is 18.3 Å². The highest BCUT2D eigenvalue weighted by atomic mass is 32.1. The molecule has 2 heterocycles. The smallest absolute Gasteiger partial charge is 0.257 e. The molecular formula is C22H19N3O4S. The molecule has 2 aliphatic rings. The minimum Gasteiger partial charge on any atom is -0.457 e. The maximum Gasteiger partial charge on any atom is 0.257 e. The molecule has 2 bridgehead atoms. The van der Waals surface area contributed by atoms with Gasteiger partial charge in [0.2, 0.25) is 5.13 Å². The summed E-state index contributed by atoms with van der Waals surface area (Å²) in [5, 5.41) is 11.4. The van der Waals surface area contributed by atoms with E-state index in [1.807, 2.05) is 18.2 Å². The number of rotatable bonds is 5. The predicted molar refractivity (Wildman–Crippen MR) is 112 cm³/mol. The molecule has 152 valence electrons. The van der Waals surface area contributed by atoms with E-state index in [1.54, 1.807) is 36.7 Å². The fourth-order valence-corrected chi connectivity index (χ4v) is 5.45. The molecule has 4 atom stereocenters. The molecule has 2 unspecified atom stereocenters. The summed E-state index contributed by atoms with van der Waals surface area (Å²) in [4.78, 5) is 33.5. The van der Waals surface area contributed by atoms with Crippen molar-refractivity contribution in [3.63, 3.8) is 0 Å². The van der Waals surface area contributed by atoms with E-state index in [4.69, 9.17) is 4.74 Å². The second kappa shape index (κ2) is 7.30. The predicted octanol–water partition coefficient (Wildman–Crippen LogP) is 4.23. The van der Waals surface area contributed by atoms with Crippen LogP contribution in [0.1, 0.15) is 13.3 Å². The number of pyridine rings is 1. The molecule has 1 aromatic carbocycles. The minimum atomic E-state index is -0.542. The van der Waals surface area contributed by atoms with Crippen LogP contribution in [0.25, 0.3) is 10.2 Å². The Balaban J connectivity index is 1.39. The Hall–Kier alpha value is -3.10. The molecule has 1 saturated carbocycles. The van der Waals surface area contributed by atoms with Crippen molar-refractivity contribution in [1.29, 1.82) is 0 Å². The number of carbonyl (C=O) groups excluding carboxylic acids is 2. The van der Waals surface area contributed by atoms with Crippen LogP contribution in [0.4, 0.5) is 5.13 Å². The quantitative estimate of drug-likeness (QED) is 0.376. The van der Waals surface area contributed by atoms with Gasteiger partial charge in [-0.1, -0.05) is 23.5 Å². The molecule has 1 amide bonds. The number of thiazole rings is 1. The summed E-state index contributed by atoms with van der Waals surface area (Å²) in [5.41, 5.74) is 0.653. The Labute approximate surface area is 176 Å². The zero-order valence-electron chi connectivity index (χ0n) is 16.1. The summed E-state index contributed by atoms with van der Waals surface area (Å²) in [6.07, 6.45) is 8.08. The largest absolute Gasteiger partial charge is 0.457 e. The van der Waals surface area contributed by atoms with Gasteiger partial charge in [0, 0.05) is 24.4 Å². The van der Waals surface area contributed by atoms with Crippen molar-refractivity contribution in [2.24, 2.45) is 23.7 Å². The number of benzene rings is 1. The number of carbonyl (C=O) groups is 2. The van der Waals surface area contributed by atoms with Crippen LogP contribution in [0, 0.1) is 23.7 Å². The van der Waals surface area contributed by atoms with Crippen molar-refractivity contribution in [3.8, 4) is 11.5 Å². The molecule has 0 aliphatic heterocycles. The number of hydrogen-bond acceptors (Lipinski definition) is 7. The number of hydroxylamine groups is 1. The highest BCUT2D eigenvalue weighted by Crippen LogP contribution is 2.49. The van der Waals surface area contributed by atoms with Crippen LogP contribution >= 0.6 is 11.3 Å². The molecule has 30 heavy (non-hydrogen) atoms. The maximum absolute atomic E-state index is 13.1. The number of hydrogen-bond donors (Lipinski definition) is 1. The third-order valence-electron chi connectivity index (χ3n) is 5.84. The highest BCUT2D eigenvalue weighted by Gasteiger charge is 2.51. The molecule has 5 rings (SSSR count). The zero-order valence-corrected chi connectivity index (χ0v) is 17.0. The standard InChI is InChI=1S/C22H19N3O4S/c1-12(26)19-13-2-3-14(10-13)20(19)21(27)25(28)22-24-17-5-4-16(11-18(17)30-22)29-15-6-8-23-9-7-15/h2-9,11,13-14,19-20,28H,10H2,1H3/t13?,14?,19-,20+/m0/s1. The van der Waals surface area contributed by atoms with E-state index in [9.17, 15) is 14.8 Å². The monoisotopic (exact) mass is 421 g/mol. The van der Waals surface area contributed by atoms with Gasteiger partial charge in [-0.15, -0.1) is 0 Å².